The minimum Gasteiger partial charge on any atom is -0.496 e. The lowest BCUT2D eigenvalue weighted by molar-refractivity contribution is -0.121. The van der Waals surface area contributed by atoms with Crippen molar-refractivity contribution < 1.29 is 19.1 Å². The van der Waals surface area contributed by atoms with Gasteiger partial charge in [-0.1, -0.05) is 18.2 Å². The number of rotatable bonds is 7. The zero-order valence-electron chi connectivity index (χ0n) is 16.7. The van der Waals surface area contributed by atoms with E-state index < -0.39 is 0 Å². The minimum absolute atomic E-state index is 0.103. The van der Waals surface area contributed by atoms with Crippen molar-refractivity contribution in [1.29, 1.82) is 0 Å². The second kappa shape index (κ2) is 9.27. The number of hydrogen-bond acceptors (Lipinski definition) is 4. The van der Waals surface area contributed by atoms with Gasteiger partial charge in [0.2, 0.25) is 5.91 Å². The first-order valence-electron chi connectivity index (χ1n) is 9.63. The van der Waals surface area contributed by atoms with E-state index in [0.717, 1.165) is 31.5 Å². The molecular weight excluding hydrogens is 372 g/mol. The maximum absolute atomic E-state index is 13.1. The Morgan fingerprint density at radius 3 is 2.62 bits per heavy atom. The Morgan fingerprint density at radius 2 is 1.93 bits per heavy atom. The van der Waals surface area contributed by atoms with E-state index >= 15 is 0 Å². The number of likely N-dealkylation sites (tertiary alicyclic amines) is 1. The first kappa shape index (κ1) is 20.4. The summed E-state index contributed by atoms with van der Waals surface area (Å²) < 4.78 is 5.36. The average Bonchev–Trinajstić information content (AvgIpc) is 3.44. The van der Waals surface area contributed by atoms with Gasteiger partial charge in [-0.05, 0) is 25.0 Å². The largest absolute Gasteiger partial charge is 0.496 e. The van der Waals surface area contributed by atoms with Crippen molar-refractivity contribution in [3.8, 4) is 5.75 Å². The molecule has 1 aliphatic heterocycles. The van der Waals surface area contributed by atoms with Crippen molar-refractivity contribution >= 4 is 17.7 Å². The summed E-state index contributed by atoms with van der Waals surface area (Å²) >= 11 is 0. The molecule has 0 atom stereocenters. The highest BCUT2D eigenvalue weighted by molar-refractivity contribution is 6.00. The van der Waals surface area contributed by atoms with E-state index in [2.05, 4.69) is 10.3 Å². The Morgan fingerprint density at radius 1 is 1.21 bits per heavy atom. The number of aromatic amines is 1. The molecule has 2 N–H and O–H groups in total. The van der Waals surface area contributed by atoms with E-state index in [0.29, 0.717) is 17.0 Å². The quantitative estimate of drug-likeness (QED) is 0.741. The first-order chi connectivity index (χ1) is 14.0. The van der Waals surface area contributed by atoms with E-state index in [9.17, 15) is 14.4 Å². The predicted octanol–water partition coefficient (Wildman–Crippen LogP) is 1.65. The molecule has 154 valence electrons. The van der Waals surface area contributed by atoms with Gasteiger partial charge in [-0.25, -0.2) is 0 Å². The van der Waals surface area contributed by atoms with Crippen LogP contribution in [0.25, 0.3) is 0 Å². The number of ether oxygens (including phenoxy) is 1. The third-order valence-electron chi connectivity index (χ3n) is 5.01. The number of aromatic nitrogens is 1. The molecule has 1 aromatic heterocycles. The van der Waals surface area contributed by atoms with Crippen LogP contribution in [0.2, 0.25) is 0 Å². The molecule has 1 saturated heterocycles. The highest BCUT2D eigenvalue weighted by Gasteiger charge is 2.25. The molecular formula is C21H26N4O4. The summed E-state index contributed by atoms with van der Waals surface area (Å²) in [6.07, 6.45) is 3.51. The maximum Gasteiger partial charge on any atom is 0.270 e. The summed E-state index contributed by atoms with van der Waals surface area (Å²) in [7, 11) is 3.09. The highest BCUT2D eigenvalue weighted by Crippen LogP contribution is 2.21. The Balaban J connectivity index is 1.81. The van der Waals surface area contributed by atoms with Crippen LogP contribution in [0, 0.1) is 0 Å². The summed E-state index contributed by atoms with van der Waals surface area (Å²) in [6, 6.07) is 8.91. The number of carbonyl (C=O) groups excluding carboxylic acids is 3. The molecule has 0 radical (unpaired) electrons. The highest BCUT2D eigenvalue weighted by atomic mass is 16.5. The van der Waals surface area contributed by atoms with Crippen LogP contribution in [0.3, 0.4) is 0 Å². The summed E-state index contributed by atoms with van der Waals surface area (Å²) in [6.45, 7) is 1.57. The number of methoxy groups -OCH3 is 1. The monoisotopic (exact) mass is 398 g/mol. The van der Waals surface area contributed by atoms with Gasteiger partial charge >= 0.3 is 0 Å². The van der Waals surface area contributed by atoms with Gasteiger partial charge in [0, 0.05) is 31.9 Å². The Hall–Kier alpha value is -3.29. The number of nitrogens with one attached hydrogen (secondary N) is 2. The van der Waals surface area contributed by atoms with Crippen LogP contribution in [0.4, 0.5) is 0 Å². The van der Waals surface area contributed by atoms with Crippen LogP contribution in [0.15, 0.2) is 36.5 Å². The van der Waals surface area contributed by atoms with Crippen LogP contribution in [-0.4, -0.2) is 66.3 Å². The third-order valence-corrected chi connectivity index (χ3v) is 5.01. The van der Waals surface area contributed by atoms with Gasteiger partial charge in [0.05, 0.1) is 19.2 Å². The van der Waals surface area contributed by atoms with Gasteiger partial charge in [0.1, 0.15) is 18.0 Å². The van der Waals surface area contributed by atoms with Crippen LogP contribution in [0.5, 0.6) is 5.75 Å². The number of H-pyrrole nitrogens is 1. The zero-order valence-corrected chi connectivity index (χ0v) is 16.7. The molecule has 1 aliphatic rings. The molecule has 0 spiro atoms. The number of hydrogen-bond donors (Lipinski definition) is 2. The number of benzene rings is 1. The van der Waals surface area contributed by atoms with Gasteiger partial charge in [-0.15, -0.1) is 0 Å². The maximum atomic E-state index is 13.1. The van der Waals surface area contributed by atoms with E-state index in [1.165, 1.54) is 18.1 Å². The Kier molecular flexibility index (Phi) is 6.54. The van der Waals surface area contributed by atoms with Crippen LogP contribution in [-0.2, 0) is 11.3 Å². The van der Waals surface area contributed by atoms with Gasteiger partial charge in [0.15, 0.2) is 0 Å². The molecule has 3 rings (SSSR count). The van der Waals surface area contributed by atoms with Crippen molar-refractivity contribution in [2.24, 2.45) is 0 Å². The zero-order chi connectivity index (χ0) is 20.8. The van der Waals surface area contributed by atoms with Crippen molar-refractivity contribution in [2.75, 3.05) is 33.8 Å². The standard InChI is InChI=1S/C21H26N4O4/c1-22-19(26)14-25(13-15-7-3-4-8-18(15)29-2)20(27)16-11-17(23-12-16)21(28)24-9-5-6-10-24/h3-4,7-8,11-12,23H,5-6,9-10,13-14H2,1-2H3,(H,22,26). The number of amides is 3. The normalized spacial score (nSPS) is 13.2. The van der Waals surface area contributed by atoms with Crippen LogP contribution in [0.1, 0.15) is 39.3 Å². The summed E-state index contributed by atoms with van der Waals surface area (Å²) in [4.78, 5) is 43.8. The molecule has 8 nitrogen and oxygen atoms in total. The second-order valence-electron chi connectivity index (χ2n) is 6.95. The lowest BCUT2D eigenvalue weighted by atomic mass is 10.1. The number of carbonyl (C=O) groups is 3. The van der Waals surface area contributed by atoms with Crippen LogP contribution < -0.4 is 10.1 Å². The van der Waals surface area contributed by atoms with Crippen molar-refractivity contribution in [3.05, 3.63) is 53.3 Å². The molecule has 1 fully saturated rings. The fraction of sp³-hybridized carbons (Fsp3) is 0.381. The fourth-order valence-corrected chi connectivity index (χ4v) is 3.41. The molecule has 2 heterocycles. The lowest BCUT2D eigenvalue weighted by Crippen LogP contribution is -2.39. The topological polar surface area (TPSA) is 94.7 Å². The van der Waals surface area contributed by atoms with Crippen molar-refractivity contribution in [1.82, 2.24) is 20.1 Å². The molecule has 0 unspecified atom stereocenters. The molecule has 0 bridgehead atoms. The van der Waals surface area contributed by atoms with E-state index in [1.807, 2.05) is 18.2 Å². The van der Waals surface area contributed by atoms with Gasteiger partial charge in [0.25, 0.3) is 11.8 Å². The summed E-state index contributed by atoms with van der Waals surface area (Å²) in [5.74, 6) is -0.0846. The van der Waals surface area contributed by atoms with Gasteiger partial charge in [-0.2, -0.15) is 0 Å². The number of nitrogens with zero attached hydrogens (tertiary/aromatic N) is 2. The van der Waals surface area contributed by atoms with Gasteiger partial charge in [-0.3, -0.25) is 14.4 Å². The van der Waals surface area contributed by atoms with Crippen molar-refractivity contribution in [3.63, 3.8) is 0 Å². The predicted molar refractivity (Wildman–Crippen MR) is 108 cm³/mol. The number of para-hydroxylation sites is 1. The molecule has 0 saturated carbocycles. The first-order valence-corrected chi connectivity index (χ1v) is 9.63. The molecule has 3 amide bonds. The fourth-order valence-electron chi connectivity index (χ4n) is 3.41. The molecule has 1 aromatic carbocycles. The molecule has 2 aromatic rings. The molecule has 8 heteroatoms. The van der Waals surface area contributed by atoms with E-state index in [-0.39, 0.29) is 30.8 Å². The third kappa shape index (κ3) is 4.77. The van der Waals surface area contributed by atoms with E-state index in [1.54, 1.807) is 24.1 Å². The van der Waals surface area contributed by atoms with Crippen LogP contribution >= 0.6 is 0 Å². The second-order valence-corrected chi connectivity index (χ2v) is 6.95. The molecule has 29 heavy (non-hydrogen) atoms. The van der Waals surface area contributed by atoms with Gasteiger partial charge < -0.3 is 24.8 Å². The minimum atomic E-state index is -0.337. The Labute approximate surface area is 169 Å². The average molecular weight is 398 g/mol. The SMILES string of the molecule is CNC(=O)CN(Cc1ccccc1OC)C(=O)c1c[nH]c(C(=O)N2CCCC2)c1. The molecule has 0 aliphatic carbocycles. The lowest BCUT2D eigenvalue weighted by Gasteiger charge is -2.22. The summed E-state index contributed by atoms with van der Waals surface area (Å²) in [5, 5.41) is 2.54. The summed E-state index contributed by atoms with van der Waals surface area (Å²) in [5.41, 5.74) is 1.51. The number of likely N-dealkylation sites (N-methyl/N-ethyl adjacent to an activating group) is 1. The smallest absolute Gasteiger partial charge is 0.270 e. The van der Waals surface area contributed by atoms with Crippen molar-refractivity contribution in [2.45, 2.75) is 19.4 Å². The Bertz CT molecular complexity index is 886. The van der Waals surface area contributed by atoms with E-state index in [4.69, 9.17) is 4.74 Å².